The maximum absolute atomic E-state index is 13.1. The maximum atomic E-state index is 13.1. The molecule has 0 aromatic rings. The van der Waals surface area contributed by atoms with Crippen LogP contribution in [0.5, 0.6) is 0 Å². The number of halogens is 3. The molecule has 2 aliphatic rings. The van der Waals surface area contributed by atoms with Gasteiger partial charge in [-0.15, -0.1) is 22.4 Å². The molecule has 4 radical (unpaired) electrons. The van der Waals surface area contributed by atoms with Gasteiger partial charge < -0.3 is 10.0 Å². The fourth-order valence-corrected chi connectivity index (χ4v) is 8.43. The van der Waals surface area contributed by atoms with Gasteiger partial charge in [-0.05, 0) is 6.92 Å². The second kappa shape index (κ2) is 14.3. The minimum absolute atomic E-state index is 0.0210. The van der Waals surface area contributed by atoms with Gasteiger partial charge in [0, 0.05) is 24.0 Å². The van der Waals surface area contributed by atoms with Crippen molar-refractivity contribution in [3.63, 3.8) is 0 Å². The molecule has 0 aliphatic carbocycles. The Labute approximate surface area is 250 Å². The van der Waals surface area contributed by atoms with E-state index in [0.29, 0.717) is 5.31 Å². The third-order valence-electron chi connectivity index (χ3n) is 5.41. The Bertz CT molecular complexity index is 928. The Morgan fingerprint density at radius 1 is 1.20 bits per heavy atom. The summed E-state index contributed by atoms with van der Waals surface area (Å²) < 4.78 is -0.0930. The summed E-state index contributed by atoms with van der Waals surface area (Å²) in [4.78, 5) is 66.5. The Morgan fingerprint density at radius 2 is 1.80 bits per heavy atom. The van der Waals surface area contributed by atoms with E-state index in [4.69, 9.17) is 15.1 Å². The second-order valence-corrected chi connectivity index (χ2v) is 20.2. The molecule has 0 aromatic carbocycles. The summed E-state index contributed by atoms with van der Waals surface area (Å²) in [5.74, 6) is -2.48. The van der Waals surface area contributed by atoms with Gasteiger partial charge in [-0.1, -0.05) is 55.0 Å². The van der Waals surface area contributed by atoms with Gasteiger partial charge in [-0.3, -0.25) is 39.1 Å². The van der Waals surface area contributed by atoms with E-state index in [9.17, 15) is 29.1 Å². The smallest absolute Gasteiger partial charge is 0.252 e. The van der Waals surface area contributed by atoms with Crippen LogP contribution in [0.3, 0.4) is 0 Å². The number of likely N-dealkylation sites (tertiary alicyclic amines) is 2. The first-order chi connectivity index (χ1) is 16.3. The molecule has 2 rings (SSSR count). The highest BCUT2D eigenvalue weighted by Crippen LogP contribution is 2.51. The maximum Gasteiger partial charge on any atom is 0.252 e. The topological polar surface area (TPSA) is 127 Å². The molecule has 5 atom stereocenters. The molecular formula is C16H21B3I3N4O6P3. The molecule has 5 unspecified atom stereocenters. The second-order valence-electron chi connectivity index (χ2n) is 7.80. The molecule has 10 nitrogen and oxygen atoms in total. The van der Waals surface area contributed by atoms with Crippen molar-refractivity contribution < 1.29 is 29.1 Å². The fourth-order valence-electron chi connectivity index (χ4n) is 3.43. The van der Waals surface area contributed by atoms with Crippen LogP contribution in [-0.4, -0.2) is 94.4 Å². The van der Waals surface area contributed by atoms with E-state index >= 15 is 0 Å². The van der Waals surface area contributed by atoms with Crippen molar-refractivity contribution >= 4 is 135 Å². The molecule has 0 bridgehead atoms. The van der Waals surface area contributed by atoms with E-state index in [1.807, 2.05) is 44.1 Å². The summed E-state index contributed by atoms with van der Waals surface area (Å²) in [6.07, 6.45) is -0.124. The largest absolute Gasteiger partial charge is 0.512 e. The summed E-state index contributed by atoms with van der Waals surface area (Å²) in [5, 5.41) is 13.2. The van der Waals surface area contributed by atoms with E-state index in [0.717, 1.165) is 9.80 Å². The molecule has 5 amide bonds. The highest BCUT2D eigenvalue weighted by molar-refractivity contribution is 14.2. The first kappa shape index (κ1) is 32.1. The van der Waals surface area contributed by atoms with Gasteiger partial charge in [-0.2, -0.15) is 9.12 Å². The molecule has 2 heterocycles. The van der Waals surface area contributed by atoms with Crippen LogP contribution in [0.25, 0.3) is 0 Å². The number of nitrogens with one attached hydrogen (secondary N) is 1. The zero-order chi connectivity index (χ0) is 26.6. The lowest BCUT2D eigenvalue weighted by Crippen LogP contribution is -2.50. The third-order valence-corrected chi connectivity index (χ3v) is 12.5. The van der Waals surface area contributed by atoms with Crippen LogP contribution in [0.15, 0.2) is 11.1 Å². The minimum Gasteiger partial charge on any atom is -0.512 e. The first-order valence-electron chi connectivity index (χ1n) is 10.1. The summed E-state index contributed by atoms with van der Waals surface area (Å²) >= 11 is 5.95. The van der Waals surface area contributed by atoms with Crippen LogP contribution in [0.2, 0.25) is 5.82 Å². The first-order valence-corrected chi connectivity index (χ1v) is 20.5. The molecule has 0 saturated carbocycles. The SMILES string of the molecule is [B]P(I)C(CC(=O)N(CNCN1C(=O)CC(B(P)I)C1=O)CN1C(=O)CC(P([B])I)C1=O)=C(C)O. The average molecular weight is 871 g/mol. The van der Waals surface area contributed by atoms with Crippen LogP contribution in [-0.2, 0) is 24.0 Å². The highest BCUT2D eigenvalue weighted by Gasteiger charge is 2.43. The zero-order valence-corrected chi connectivity index (χ0v) is 28.0. The lowest BCUT2D eigenvalue weighted by Gasteiger charge is -2.29. The Morgan fingerprint density at radius 3 is 2.26 bits per heavy atom. The highest BCUT2D eigenvalue weighted by atomic mass is 127. The Balaban J connectivity index is 2.16. The predicted octanol–water partition coefficient (Wildman–Crippen LogP) is 2.34. The number of amides is 5. The lowest BCUT2D eigenvalue weighted by molar-refractivity contribution is -0.144. The van der Waals surface area contributed by atoms with Crippen LogP contribution in [0.1, 0.15) is 26.2 Å². The Hall–Kier alpha value is 0.925. The zero-order valence-electron chi connectivity index (χ0n) is 18.6. The Kier molecular flexibility index (Phi) is 13.2. The molecule has 2 fully saturated rings. The molecule has 0 aromatic heterocycles. The quantitative estimate of drug-likeness (QED) is 0.0816. The van der Waals surface area contributed by atoms with Crippen LogP contribution < -0.4 is 5.32 Å². The third kappa shape index (κ3) is 8.45. The van der Waals surface area contributed by atoms with Gasteiger partial charge >= 0.3 is 0 Å². The number of carbonyl (C=O) groups is 5. The van der Waals surface area contributed by atoms with Gasteiger partial charge in [0.25, 0.3) is 4.29 Å². The number of allylic oxidation sites excluding steroid dienone is 1. The normalized spacial score (nSPS) is 23.0. The van der Waals surface area contributed by atoms with E-state index < -0.39 is 40.1 Å². The number of aliphatic hydroxyl groups is 1. The average Bonchev–Trinajstić information content (AvgIpc) is 3.20. The van der Waals surface area contributed by atoms with Gasteiger partial charge in [0.05, 0.1) is 31.2 Å². The standard InChI is InChI=1S/C16H21B3I3N4O6P3/c1-8(27)10(34(17)21)3-12(28)24(7-26-14(30)4-11(16(26)32)35(18)22)5-23-6-25-13(29)2-9(15(25)31)19(20)33/h9,11,23,27H,2-7,33H2,1H3. The van der Waals surface area contributed by atoms with Crippen LogP contribution >= 0.6 is 86.5 Å². The molecular weight excluding hydrogens is 850 g/mol. The van der Waals surface area contributed by atoms with E-state index in [-0.39, 0.29) is 61.1 Å². The van der Waals surface area contributed by atoms with Crippen molar-refractivity contribution in [3.05, 3.63) is 11.1 Å². The summed E-state index contributed by atoms with van der Waals surface area (Å²) in [7, 11) is 14.3. The van der Waals surface area contributed by atoms with Crippen molar-refractivity contribution in [1.82, 2.24) is 20.0 Å². The van der Waals surface area contributed by atoms with E-state index in [2.05, 4.69) is 36.8 Å². The van der Waals surface area contributed by atoms with Crippen molar-refractivity contribution in [3.8, 4) is 0 Å². The summed E-state index contributed by atoms with van der Waals surface area (Å²) in [6, 6.07) is 0. The predicted molar refractivity (Wildman–Crippen MR) is 168 cm³/mol. The van der Waals surface area contributed by atoms with E-state index in [1.165, 1.54) is 11.8 Å². The number of rotatable bonds is 11. The summed E-state index contributed by atoms with van der Waals surface area (Å²) in [5.41, 5.74) is -3.10. The molecule has 19 heteroatoms. The van der Waals surface area contributed by atoms with E-state index in [1.54, 1.807) is 0 Å². The van der Waals surface area contributed by atoms with Crippen LogP contribution in [0, 0.1) is 0 Å². The minimum atomic E-state index is -1.28. The molecule has 35 heavy (non-hydrogen) atoms. The van der Waals surface area contributed by atoms with Crippen molar-refractivity contribution in [1.29, 1.82) is 0 Å². The number of hydrogen-bond acceptors (Lipinski definition) is 7. The number of carbonyl (C=O) groups excluding carboxylic acids is 5. The van der Waals surface area contributed by atoms with Gasteiger partial charge in [-0.25, -0.2) is 0 Å². The van der Waals surface area contributed by atoms with Crippen molar-refractivity contribution in [2.45, 2.75) is 37.7 Å². The van der Waals surface area contributed by atoms with Crippen molar-refractivity contribution in [2.24, 2.45) is 0 Å². The number of nitrogens with zero attached hydrogens (tertiary/aromatic N) is 3. The summed E-state index contributed by atoms with van der Waals surface area (Å²) in [6.45, 7) is 0.824. The van der Waals surface area contributed by atoms with Gasteiger partial charge in [0.2, 0.25) is 29.5 Å². The van der Waals surface area contributed by atoms with Gasteiger partial charge in [0.15, 0.2) is 0 Å². The molecule has 2 saturated heterocycles. The molecule has 186 valence electrons. The molecule has 2 N–H and O–H groups in total. The van der Waals surface area contributed by atoms with Crippen LogP contribution in [0.4, 0.5) is 0 Å². The number of hydrogen-bond donors (Lipinski definition) is 2. The fraction of sp³-hybridized carbons (Fsp3) is 0.562. The lowest BCUT2D eigenvalue weighted by atomic mass is 9.84. The monoisotopic (exact) mass is 872 g/mol. The molecule has 0 spiro atoms. The van der Waals surface area contributed by atoms with Crippen molar-refractivity contribution in [2.75, 3.05) is 20.0 Å². The van der Waals surface area contributed by atoms with Gasteiger partial charge in [0.1, 0.15) is 21.8 Å². The molecule has 2 aliphatic heterocycles. The number of imide groups is 2. The number of aliphatic hydroxyl groups excluding tert-OH is 1.